The normalized spacial score (nSPS) is 20.0. The van der Waals surface area contributed by atoms with Crippen LogP contribution in [0.1, 0.15) is 52.0 Å². The molecule has 1 unspecified atom stereocenters. The summed E-state index contributed by atoms with van der Waals surface area (Å²) in [7, 11) is 0. The lowest BCUT2D eigenvalue weighted by Crippen LogP contribution is -2.43. The summed E-state index contributed by atoms with van der Waals surface area (Å²) in [5.74, 6) is 2.18. The summed E-state index contributed by atoms with van der Waals surface area (Å²) in [6, 6.07) is 7.91. The molecule has 1 aromatic carbocycles. The highest BCUT2D eigenvalue weighted by atomic mass is 32.2. The summed E-state index contributed by atoms with van der Waals surface area (Å²) in [5.41, 5.74) is 1.96. The van der Waals surface area contributed by atoms with E-state index in [2.05, 4.69) is 29.8 Å². The minimum absolute atomic E-state index is 0.0650. The molecule has 2 rings (SSSR count). The van der Waals surface area contributed by atoms with Crippen molar-refractivity contribution in [2.75, 3.05) is 24.2 Å². The van der Waals surface area contributed by atoms with E-state index in [0.29, 0.717) is 17.7 Å². The van der Waals surface area contributed by atoms with Gasteiger partial charge in [0.25, 0.3) is 0 Å². The summed E-state index contributed by atoms with van der Waals surface area (Å²) < 4.78 is 0.314. The highest BCUT2D eigenvalue weighted by molar-refractivity contribution is 8.00. The quantitative estimate of drug-likeness (QED) is 0.477. The third-order valence-corrected chi connectivity index (χ3v) is 5.95. The minimum atomic E-state index is 0.0650. The number of hydrogen-bond acceptors (Lipinski definition) is 3. The predicted octanol–water partition coefficient (Wildman–Crippen LogP) is 3.77. The third-order valence-electron chi connectivity index (χ3n) is 4.41. The molecule has 3 N–H and O–H groups in total. The van der Waals surface area contributed by atoms with E-state index in [1.165, 1.54) is 18.6 Å². The topological polar surface area (TPSA) is 65.5 Å². The Kier molecular flexibility index (Phi) is 8.29. The SMILES string of the molecule is CCCC(=O)Nc1ccc(CN=C(NCC)NCC2(C)CCCS2)cc1. The molecule has 1 saturated heterocycles. The Hall–Kier alpha value is -1.69. The van der Waals surface area contributed by atoms with E-state index in [-0.39, 0.29) is 5.91 Å². The van der Waals surface area contributed by atoms with Crippen LogP contribution in [0.2, 0.25) is 0 Å². The van der Waals surface area contributed by atoms with Gasteiger partial charge in [0.2, 0.25) is 5.91 Å². The molecule has 1 fully saturated rings. The van der Waals surface area contributed by atoms with E-state index in [4.69, 9.17) is 4.99 Å². The minimum Gasteiger partial charge on any atom is -0.357 e. The smallest absolute Gasteiger partial charge is 0.224 e. The first-order valence-corrected chi connectivity index (χ1v) is 10.6. The maximum Gasteiger partial charge on any atom is 0.224 e. The lowest BCUT2D eigenvalue weighted by molar-refractivity contribution is -0.116. The molecule has 0 saturated carbocycles. The van der Waals surface area contributed by atoms with Gasteiger partial charge in [-0.25, -0.2) is 4.99 Å². The number of thioether (sulfide) groups is 1. The van der Waals surface area contributed by atoms with Crippen LogP contribution in [0.15, 0.2) is 29.3 Å². The van der Waals surface area contributed by atoms with Crippen molar-refractivity contribution >= 4 is 29.3 Å². The van der Waals surface area contributed by atoms with Crippen LogP contribution < -0.4 is 16.0 Å². The number of aliphatic imine (C=N–C) groups is 1. The molecule has 0 aliphatic carbocycles. The van der Waals surface area contributed by atoms with Crippen LogP contribution in [0.5, 0.6) is 0 Å². The van der Waals surface area contributed by atoms with Crippen LogP contribution in [0, 0.1) is 0 Å². The van der Waals surface area contributed by atoms with Gasteiger partial charge < -0.3 is 16.0 Å². The second-order valence-electron chi connectivity index (χ2n) is 6.95. The van der Waals surface area contributed by atoms with Gasteiger partial charge in [-0.05, 0) is 56.6 Å². The van der Waals surface area contributed by atoms with E-state index in [0.717, 1.165) is 36.7 Å². The van der Waals surface area contributed by atoms with Crippen molar-refractivity contribution in [2.24, 2.45) is 4.99 Å². The van der Waals surface area contributed by atoms with Crippen LogP contribution in [0.4, 0.5) is 5.69 Å². The van der Waals surface area contributed by atoms with Gasteiger partial charge in [0, 0.05) is 29.9 Å². The molecular weight excluding hydrogens is 344 g/mol. The van der Waals surface area contributed by atoms with Crippen LogP contribution >= 0.6 is 11.8 Å². The zero-order valence-corrected chi connectivity index (χ0v) is 17.0. The summed E-state index contributed by atoms with van der Waals surface area (Å²) in [5, 5.41) is 9.71. The number of anilines is 1. The lowest BCUT2D eigenvalue weighted by atomic mass is 10.1. The third kappa shape index (κ3) is 6.90. The second-order valence-corrected chi connectivity index (χ2v) is 8.63. The van der Waals surface area contributed by atoms with Crippen LogP contribution in [-0.4, -0.2) is 35.5 Å². The first-order valence-electron chi connectivity index (χ1n) is 9.59. The van der Waals surface area contributed by atoms with E-state index in [9.17, 15) is 4.79 Å². The zero-order valence-electron chi connectivity index (χ0n) is 16.2. The molecule has 0 spiro atoms. The summed E-state index contributed by atoms with van der Waals surface area (Å²) in [4.78, 5) is 16.3. The Labute approximate surface area is 161 Å². The fourth-order valence-corrected chi connectivity index (χ4v) is 4.15. The monoisotopic (exact) mass is 376 g/mol. The number of guanidine groups is 1. The molecule has 1 atom stereocenters. The van der Waals surface area contributed by atoms with Gasteiger partial charge in [-0.15, -0.1) is 0 Å². The van der Waals surface area contributed by atoms with Gasteiger partial charge in [-0.3, -0.25) is 4.79 Å². The molecule has 5 nitrogen and oxygen atoms in total. The van der Waals surface area contributed by atoms with Crippen LogP contribution in [0.25, 0.3) is 0 Å². The molecule has 26 heavy (non-hydrogen) atoms. The molecule has 0 bridgehead atoms. The van der Waals surface area contributed by atoms with Crippen LogP contribution in [-0.2, 0) is 11.3 Å². The maximum atomic E-state index is 11.6. The number of amides is 1. The van der Waals surface area contributed by atoms with Crippen LogP contribution in [0.3, 0.4) is 0 Å². The highest BCUT2D eigenvalue weighted by Crippen LogP contribution is 2.36. The largest absolute Gasteiger partial charge is 0.357 e. The molecule has 1 heterocycles. The number of benzene rings is 1. The standard InChI is InChI=1S/C20H32N4OS/c1-4-7-18(25)24-17-10-8-16(9-11-17)14-22-19(21-5-2)23-15-20(3)12-6-13-26-20/h8-11H,4-7,12-15H2,1-3H3,(H,24,25)(H2,21,22,23). The van der Waals surface area contributed by atoms with Crippen molar-refractivity contribution in [1.82, 2.24) is 10.6 Å². The molecule has 0 aromatic heterocycles. The molecule has 1 amide bonds. The van der Waals surface area contributed by atoms with Crippen molar-refractivity contribution < 1.29 is 4.79 Å². The van der Waals surface area contributed by atoms with Gasteiger partial charge in [0.1, 0.15) is 0 Å². The number of hydrogen-bond donors (Lipinski definition) is 3. The van der Waals surface area contributed by atoms with Gasteiger partial charge >= 0.3 is 0 Å². The zero-order chi connectivity index (χ0) is 18.8. The van der Waals surface area contributed by atoms with Crippen molar-refractivity contribution in [3.63, 3.8) is 0 Å². The summed E-state index contributed by atoms with van der Waals surface area (Å²) in [6.45, 7) is 8.80. The van der Waals surface area contributed by atoms with Gasteiger partial charge in [-0.1, -0.05) is 19.1 Å². The van der Waals surface area contributed by atoms with E-state index < -0.39 is 0 Å². The Balaban J connectivity index is 1.88. The van der Waals surface area contributed by atoms with Gasteiger partial charge in [0.05, 0.1) is 6.54 Å². The van der Waals surface area contributed by atoms with Crippen molar-refractivity contribution in [1.29, 1.82) is 0 Å². The molecule has 1 aromatic rings. The Morgan fingerprint density at radius 2 is 2.00 bits per heavy atom. The van der Waals surface area contributed by atoms with E-state index >= 15 is 0 Å². The van der Waals surface area contributed by atoms with Gasteiger partial charge in [0.15, 0.2) is 5.96 Å². The molecule has 1 aliphatic rings. The van der Waals surface area contributed by atoms with Crippen molar-refractivity contribution in [3.05, 3.63) is 29.8 Å². The fraction of sp³-hybridized carbons (Fsp3) is 0.600. The molecule has 144 valence electrons. The fourth-order valence-electron chi connectivity index (χ4n) is 2.90. The van der Waals surface area contributed by atoms with Crippen molar-refractivity contribution in [2.45, 2.75) is 57.7 Å². The number of nitrogens with one attached hydrogen (secondary N) is 3. The molecule has 1 aliphatic heterocycles. The average molecular weight is 377 g/mol. The molecular formula is C20H32N4OS. The molecule has 6 heteroatoms. The predicted molar refractivity (Wildman–Crippen MR) is 113 cm³/mol. The number of nitrogens with zero attached hydrogens (tertiary/aromatic N) is 1. The number of rotatable bonds is 8. The number of carbonyl (C=O) groups is 1. The van der Waals surface area contributed by atoms with E-state index in [1.54, 1.807) is 0 Å². The average Bonchev–Trinajstić information content (AvgIpc) is 3.06. The molecule has 0 radical (unpaired) electrons. The Bertz CT molecular complexity index is 594. The van der Waals surface area contributed by atoms with Gasteiger partial charge in [-0.2, -0.15) is 11.8 Å². The lowest BCUT2D eigenvalue weighted by Gasteiger charge is -2.24. The first kappa shape index (κ1) is 20.6. The van der Waals surface area contributed by atoms with E-state index in [1.807, 2.05) is 43.0 Å². The summed E-state index contributed by atoms with van der Waals surface area (Å²) >= 11 is 2.05. The number of carbonyl (C=O) groups excluding carboxylic acids is 1. The Morgan fingerprint density at radius 1 is 1.23 bits per heavy atom. The maximum absolute atomic E-state index is 11.6. The highest BCUT2D eigenvalue weighted by Gasteiger charge is 2.29. The summed E-state index contributed by atoms with van der Waals surface area (Å²) in [6.07, 6.45) is 3.98. The second kappa shape index (κ2) is 10.5. The van der Waals surface area contributed by atoms with Crippen molar-refractivity contribution in [3.8, 4) is 0 Å². The first-order chi connectivity index (χ1) is 12.5. The Morgan fingerprint density at radius 3 is 2.62 bits per heavy atom.